The average molecular weight is 312 g/mol. The van der Waals surface area contributed by atoms with Gasteiger partial charge < -0.3 is 16.4 Å². The number of carbonyl (C=O) groups excluding carboxylic acids is 2. The van der Waals surface area contributed by atoms with Gasteiger partial charge in [0.25, 0.3) is 5.91 Å². The van der Waals surface area contributed by atoms with Crippen LogP contribution >= 0.6 is 12.4 Å². The summed E-state index contributed by atoms with van der Waals surface area (Å²) < 4.78 is 0. The number of nitrogens with one attached hydrogen (secondary N) is 2. The maximum absolute atomic E-state index is 12.0. The van der Waals surface area contributed by atoms with Crippen LogP contribution in [-0.2, 0) is 4.79 Å². The van der Waals surface area contributed by atoms with Crippen molar-refractivity contribution in [2.24, 2.45) is 5.73 Å². The Kier molecular flexibility index (Phi) is 7.19. The molecule has 116 valence electrons. The second kappa shape index (κ2) is 8.64. The van der Waals surface area contributed by atoms with Gasteiger partial charge in [0, 0.05) is 30.3 Å². The summed E-state index contributed by atoms with van der Waals surface area (Å²) in [5.41, 5.74) is 6.61. The third-order valence-corrected chi connectivity index (χ3v) is 3.49. The topological polar surface area (TPSA) is 84.2 Å². The van der Waals surface area contributed by atoms with Crippen LogP contribution in [0.4, 0.5) is 5.69 Å². The maximum atomic E-state index is 12.0. The molecule has 2 amide bonds. The van der Waals surface area contributed by atoms with Crippen molar-refractivity contribution < 1.29 is 9.59 Å². The SMILES string of the molecule is Cl.NCCC(=O)Nc1ccc(C(=O)NC2CCCC2)cc1. The molecule has 1 aromatic rings. The molecule has 1 aliphatic rings. The van der Waals surface area contributed by atoms with Crippen molar-refractivity contribution >= 4 is 29.9 Å². The summed E-state index contributed by atoms with van der Waals surface area (Å²) in [6, 6.07) is 7.23. The molecule has 0 heterocycles. The molecule has 1 saturated carbocycles. The third-order valence-electron chi connectivity index (χ3n) is 3.49. The predicted octanol–water partition coefficient (Wildman–Crippen LogP) is 2.07. The fraction of sp³-hybridized carbons (Fsp3) is 0.467. The van der Waals surface area contributed by atoms with E-state index in [0.29, 0.717) is 30.3 Å². The molecule has 0 spiro atoms. The smallest absolute Gasteiger partial charge is 0.251 e. The number of halogens is 1. The molecule has 1 aliphatic carbocycles. The normalized spacial score (nSPS) is 14.3. The Labute approximate surface area is 131 Å². The number of hydrogen-bond donors (Lipinski definition) is 3. The summed E-state index contributed by atoms with van der Waals surface area (Å²) in [5, 5.41) is 5.76. The molecule has 0 aliphatic heterocycles. The summed E-state index contributed by atoms with van der Waals surface area (Å²) in [7, 11) is 0. The Morgan fingerprint density at radius 1 is 1.14 bits per heavy atom. The molecule has 0 radical (unpaired) electrons. The summed E-state index contributed by atoms with van der Waals surface area (Å²) >= 11 is 0. The van der Waals surface area contributed by atoms with Gasteiger partial charge in [-0.05, 0) is 37.1 Å². The molecule has 6 heteroatoms. The van der Waals surface area contributed by atoms with Gasteiger partial charge in [-0.15, -0.1) is 12.4 Å². The van der Waals surface area contributed by atoms with E-state index in [0.717, 1.165) is 12.8 Å². The summed E-state index contributed by atoms with van der Waals surface area (Å²) in [4.78, 5) is 23.4. The quantitative estimate of drug-likeness (QED) is 0.778. The van der Waals surface area contributed by atoms with E-state index in [1.807, 2.05) is 0 Å². The fourth-order valence-electron chi connectivity index (χ4n) is 2.40. The van der Waals surface area contributed by atoms with Gasteiger partial charge >= 0.3 is 0 Å². The highest BCUT2D eigenvalue weighted by molar-refractivity contribution is 5.96. The molecule has 4 N–H and O–H groups in total. The Hall–Kier alpha value is -1.59. The highest BCUT2D eigenvalue weighted by Gasteiger charge is 2.17. The zero-order valence-electron chi connectivity index (χ0n) is 11.9. The van der Waals surface area contributed by atoms with Gasteiger partial charge in [0.2, 0.25) is 5.91 Å². The Morgan fingerprint density at radius 2 is 1.76 bits per heavy atom. The summed E-state index contributed by atoms with van der Waals surface area (Å²) in [5.74, 6) is -0.160. The van der Waals surface area contributed by atoms with E-state index in [1.165, 1.54) is 12.8 Å². The van der Waals surface area contributed by atoms with Gasteiger partial charge in [0.1, 0.15) is 0 Å². The van der Waals surface area contributed by atoms with Crippen molar-refractivity contribution in [2.45, 2.75) is 38.1 Å². The summed E-state index contributed by atoms with van der Waals surface area (Å²) in [6.07, 6.45) is 4.82. The first-order valence-electron chi connectivity index (χ1n) is 7.10. The fourth-order valence-corrected chi connectivity index (χ4v) is 2.40. The van der Waals surface area contributed by atoms with Gasteiger partial charge in [-0.3, -0.25) is 9.59 Å². The molecule has 0 atom stereocenters. The second-order valence-corrected chi connectivity index (χ2v) is 5.12. The van der Waals surface area contributed by atoms with Crippen LogP contribution in [0.25, 0.3) is 0 Å². The molecular weight excluding hydrogens is 290 g/mol. The lowest BCUT2D eigenvalue weighted by molar-refractivity contribution is -0.116. The van der Waals surface area contributed by atoms with Crippen LogP contribution in [0.1, 0.15) is 42.5 Å². The monoisotopic (exact) mass is 311 g/mol. The highest BCUT2D eigenvalue weighted by atomic mass is 35.5. The molecule has 0 bridgehead atoms. The van der Waals surface area contributed by atoms with Gasteiger partial charge in [0.15, 0.2) is 0 Å². The number of amides is 2. The van der Waals surface area contributed by atoms with Crippen LogP contribution in [-0.4, -0.2) is 24.4 Å². The minimum Gasteiger partial charge on any atom is -0.349 e. The lowest BCUT2D eigenvalue weighted by Crippen LogP contribution is -2.32. The maximum Gasteiger partial charge on any atom is 0.251 e. The lowest BCUT2D eigenvalue weighted by Gasteiger charge is -2.12. The molecule has 5 nitrogen and oxygen atoms in total. The van der Waals surface area contributed by atoms with Crippen molar-refractivity contribution in [3.05, 3.63) is 29.8 Å². The molecule has 21 heavy (non-hydrogen) atoms. The van der Waals surface area contributed by atoms with E-state index in [-0.39, 0.29) is 24.2 Å². The van der Waals surface area contributed by atoms with Crippen LogP contribution in [0.15, 0.2) is 24.3 Å². The Bertz CT molecular complexity index is 470. The molecule has 2 rings (SSSR count). The number of benzene rings is 1. The standard InChI is InChI=1S/C15H21N3O2.ClH/c16-10-9-14(19)17-13-7-5-11(6-8-13)15(20)18-12-3-1-2-4-12;/h5-8,12H,1-4,9-10,16H2,(H,17,19)(H,18,20);1H. The van der Waals surface area contributed by atoms with E-state index in [4.69, 9.17) is 5.73 Å². The highest BCUT2D eigenvalue weighted by Crippen LogP contribution is 2.18. The number of anilines is 1. The van der Waals surface area contributed by atoms with Gasteiger partial charge in [-0.1, -0.05) is 12.8 Å². The minimum atomic E-state index is -0.115. The van der Waals surface area contributed by atoms with E-state index < -0.39 is 0 Å². The molecule has 0 saturated heterocycles. The molecule has 1 aromatic carbocycles. The molecule has 1 fully saturated rings. The van der Waals surface area contributed by atoms with Crippen LogP contribution in [0, 0.1) is 0 Å². The van der Waals surface area contributed by atoms with Crippen LogP contribution in [0.2, 0.25) is 0 Å². The van der Waals surface area contributed by atoms with E-state index in [9.17, 15) is 9.59 Å². The van der Waals surface area contributed by atoms with E-state index in [1.54, 1.807) is 24.3 Å². The van der Waals surface area contributed by atoms with Crippen molar-refractivity contribution in [1.29, 1.82) is 0 Å². The van der Waals surface area contributed by atoms with Crippen molar-refractivity contribution in [1.82, 2.24) is 5.32 Å². The van der Waals surface area contributed by atoms with Crippen LogP contribution < -0.4 is 16.4 Å². The zero-order valence-corrected chi connectivity index (χ0v) is 12.7. The summed E-state index contributed by atoms with van der Waals surface area (Å²) in [6.45, 7) is 0.327. The molecule has 0 unspecified atom stereocenters. The van der Waals surface area contributed by atoms with Gasteiger partial charge in [-0.2, -0.15) is 0 Å². The van der Waals surface area contributed by atoms with Gasteiger partial charge in [-0.25, -0.2) is 0 Å². The van der Waals surface area contributed by atoms with Crippen molar-refractivity contribution in [2.75, 3.05) is 11.9 Å². The predicted molar refractivity (Wildman–Crippen MR) is 85.7 cm³/mol. The largest absolute Gasteiger partial charge is 0.349 e. The van der Waals surface area contributed by atoms with E-state index >= 15 is 0 Å². The first-order chi connectivity index (χ1) is 9.69. The second-order valence-electron chi connectivity index (χ2n) is 5.12. The van der Waals surface area contributed by atoms with Crippen molar-refractivity contribution in [3.63, 3.8) is 0 Å². The van der Waals surface area contributed by atoms with E-state index in [2.05, 4.69) is 10.6 Å². The minimum absolute atomic E-state index is 0. The number of carbonyl (C=O) groups is 2. The van der Waals surface area contributed by atoms with Crippen LogP contribution in [0.3, 0.4) is 0 Å². The van der Waals surface area contributed by atoms with Crippen molar-refractivity contribution in [3.8, 4) is 0 Å². The third kappa shape index (κ3) is 5.36. The van der Waals surface area contributed by atoms with Gasteiger partial charge in [0.05, 0.1) is 0 Å². The number of nitrogens with two attached hydrogens (primary N) is 1. The Balaban J connectivity index is 0.00000220. The first kappa shape index (κ1) is 17.5. The first-order valence-corrected chi connectivity index (χ1v) is 7.10. The Morgan fingerprint density at radius 3 is 2.33 bits per heavy atom. The number of rotatable bonds is 5. The number of hydrogen-bond acceptors (Lipinski definition) is 3. The average Bonchev–Trinajstić information content (AvgIpc) is 2.92. The molecular formula is C15H22ClN3O2. The van der Waals surface area contributed by atoms with Crippen LogP contribution in [0.5, 0.6) is 0 Å². The lowest BCUT2D eigenvalue weighted by atomic mass is 10.1. The zero-order chi connectivity index (χ0) is 14.4. The molecule has 0 aromatic heterocycles.